The Bertz CT molecular complexity index is 1020. The van der Waals surface area contributed by atoms with Gasteiger partial charge in [-0.3, -0.25) is 4.79 Å². The van der Waals surface area contributed by atoms with Gasteiger partial charge in [-0.15, -0.1) is 0 Å². The first kappa shape index (κ1) is 21.0. The van der Waals surface area contributed by atoms with E-state index in [1.165, 1.54) is 4.31 Å². The second kappa shape index (κ2) is 8.83. The van der Waals surface area contributed by atoms with Crippen LogP contribution in [0.15, 0.2) is 47.4 Å². The minimum atomic E-state index is -3.54. The van der Waals surface area contributed by atoms with Gasteiger partial charge in [-0.2, -0.15) is 4.31 Å². The van der Waals surface area contributed by atoms with Crippen molar-refractivity contribution in [2.45, 2.75) is 17.7 Å². The highest BCUT2D eigenvalue weighted by Gasteiger charge is 2.30. The molecule has 0 unspecified atom stereocenters. The quantitative estimate of drug-likeness (QED) is 0.715. The minimum Gasteiger partial charge on any atom is -0.489 e. The van der Waals surface area contributed by atoms with Crippen molar-refractivity contribution in [2.24, 2.45) is 0 Å². The molecule has 4 rings (SSSR count). The number of fused-ring (bicyclic) bond motifs is 1. The van der Waals surface area contributed by atoms with E-state index < -0.39 is 10.0 Å². The fourth-order valence-corrected chi connectivity index (χ4v) is 5.32. The van der Waals surface area contributed by atoms with E-state index in [2.05, 4.69) is 0 Å². The molecule has 2 aliphatic heterocycles. The first-order chi connectivity index (χ1) is 14.4. The van der Waals surface area contributed by atoms with E-state index in [0.29, 0.717) is 42.8 Å². The molecule has 0 saturated carbocycles. The number of piperazine rings is 1. The van der Waals surface area contributed by atoms with Crippen LogP contribution in [0.1, 0.15) is 12.0 Å². The van der Waals surface area contributed by atoms with Crippen molar-refractivity contribution in [1.82, 2.24) is 9.21 Å². The number of sulfonamides is 1. The van der Waals surface area contributed by atoms with Gasteiger partial charge < -0.3 is 14.4 Å². The summed E-state index contributed by atoms with van der Waals surface area (Å²) in [6, 6.07) is 11.9. The lowest BCUT2D eigenvalue weighted by molar-refractivity contribution is -0.131. The molecule has 0 spiro atoms. The number of halogens is 1. The molecule has 30 heavy (non-hydrogen) atoms. The van der Waals surface area contributed by atoms with E-state index in [1.54, 1.807) is 47.4 Å². The maximum atomic E-state index is 12.8. The molecule has 2 heterocycles. The molecule has 0 aliphatic carbocycles. The number of hydrogen-bond donors (Lipinski definition) is 0. The summed E-state index contributed by atoms with van der Waals surface area (Å²) >= 11 is 6.31. The summed E-state index contributed by atoms with van der Waals surface area (Å²) in [6.07, 6.45) is 0.942. The fraction of sp³-hybridized carbons (Fsp3) is 0.381. The van der Waals surface area contributed by atoms with E-state index in [1.807, 2.05) is 0 Å². The van der Waals surface area contributed by atoms with Gasteiger partial charge in [0.25, 0.3) is 0 Å². The summed E-state index contributed by atoms with van der Waals surface area (Å²) in [7, 11) is -3.54. The van der Waals surface area contributed by atoms with Gasteiger partial charge in [0.15, 0.2) is 11.5 Å². The Kier molecular flexibility index (Phi) is 6.17. The summed E-state index contributed by atoms with van der Waals surface area (Å²) in [6.45, 7) is 2.32. The average Bonchev–Trinajstić information content (AvgIpc) is 3.00. The molecule has 2 aromatic rings. The molecule has 160 valence electrons. The first-order valence-electron chi connectivity index (χ1n) is 9.86. The summed E-state index contributed by atoms with van der Waals surface area (Å²) in [5, 5.41) is 0.427. The second-order valence-corrected chi connectivity index (χ2v) is 9.58. The highest BCUT2D eigenvalue weighted by Crippen LogP contribution is 2.38. The minimum absolute atomic E-state index is 0.0719. The monoisotopic (exact) mass is 450 g/mol. The topological polar surface area (TPSA) is 76.2 Å². The van der Waals surface area contributed by atoms with Crippen LogP contribution in [0, 0.1) is 0 Å². The van der Waals surface area contributed by atoms with Crippen LogP contribution in [-0.4, -0.2) is 62.9 Å². The average molecular weight is 451 g/mol. The van der Waals surface area contributed by atoms with Gasteiger partial charge in [0.05, 0.1) is 29.6 Å². The second-order valence-electron chi connectivity index (χ2n) is 7.23. The molecule has 0 aromatic heterocycles. The van der Waals surface area contributed by atoms with Crippen LogP contribution < -0.4 is 9.47 Å². The molecule has 2 aliphatic rings. The van der Waals surface area contributed by atoms with E-state index in [9.17, 15) is 13.2 Å². The number of rotatable bonds is 4. The van der Waals surface area contributed by atoms with Crippen molar-refractivity contribution >= 4 is 27.5 Å². The molecule has 0 N–H and O–H groups in total. The summed E-state index contributed by atoms with van der Waals surface area (Å²) in [5.74, 6) is 1.00. The van der Waals surface area contributed by atoms with Crippen LogP contribution in [0.25, 0.3) is 0 Å². The smallest absolute Gasteiger partial charge is 0.243 e. The summed E-state index contributed by atoms with van der Waals surface area (Å²) in [4.78, 5) is 14.7. The highest BCUT2D eigenvalue weighted by molar-refractivity contribution is 7.89. The van der Waals surface area contributed by atoms with Crippen LogP contribution in [0.5, 0.6) is 11.5 Å². The van der Waals surface area contributed by atoms with Crippen molar-refractivity contribution in [2.75, 3.05) is 39.4 Å². The van der Waals surface area contributed by atoms with Crippen LogP contribution >= 0.6 is 11.6 Å². The largest absolute Gasteiger partial charge is 0.489 e. The fourth-order valence-electron chi connectivity index (χ4n) is 3.59. The zero-order chi connectivity index (χ0) is 21.1. The van der Waals surface area contributed by atoms with Crippen LogP contribution in [0.2, 0.25) is 5.02 Å². The zero-order valence-electron chi connectivity index (χ0n) is 16.4. The Balaban J connectivity index is 1.39. The third-order valence-corrected chi connectivity index (χ3v) is 7.38. The maximum absolute atomic E-state index is 12.8. The Hall–Kier alpha value is -2.29. The Morgan fingerprint density at radius 1 is 1.00 bits per heavy atom. The van der Waals surface area contributed by atoms with Crippen molar-refractivity contribution in [3.63, 3.8) is 0 Å². The number of hydrogen-bond acceptors (Lipinski definition) is 5. The molecule has 7 nitrogen and oxygen atoms in total. The van der Waals surface area contributed by atoms with Gasteiger partial charge in [0.1, 0.15) is 0 Å². The van der Waals surface area contributed by atoms with E-state index in [0.717, 1.165) is 12.0 Å². The number of ether oxygens (including phenoxy) is 2. The number of amides is 1. The standard InChI is InChI=1S/C21H23ClN2O5S/c22-18-13-16(14-19-21(18)29-12-4-11-28-19)15-20(25)23-7-9-24(10-8-23)30(26,27)17-5-2-1-3-6-17/h1-3,5-6,13-14H,4,7-12,15H2. The van der Waals surface area contributed by atoms with Crippen molar-refractivity contribution in [1.29, 1.82) is 0 Å². The predicted molar refractivity (Wildman–Crippen MR) is 113 cm³/mol. The molecule has 0 bridgehead atoms. The number of benzene rings is 2. The third kappa shape index (κ3) is 4.40. The Morgan fingerprint density at radius 3 is 2.43 bits per heavy atom. The van der Waals surface area contributed by atoms with Gasteiger partial charge in [-0.05, 0) is 29.8 Å². The molecular weight excluding hydrogens is 428 g/mol. The molecular formula is C21H23ClN2O5S. The summed E-state index contributed by atoms with van der Waals surface area (Å²) < 4.78 is 38.2. The van der Waals surface area contributed by atoms with Gasteiger partial charge in [0, 0.05) is 32.6 Å². The van der Waals surface area contributed by atoms with Crippen LogP contribution in [-0.2, 0) is 21.2 Å². The zero-order valence-corrected chi connectivity index (χ0v) is 18.0. The van der Waals surface area contributed by atoms with E-state index >= 15 is 0 Å². The lowest BCUT2D eigenvalue weighted by Gasteiger charge is -2.34. The van der Waals surface area contributed by atoms with Crippen molar-refractivity contribution in [3.05, 3.63) is 53.1 Å². The Labute approximate surface area is 181 Å². The molecule has 9 heteroatoms. The van der Waals surface area contributed by atoms with Crippen LogP contribution in [0.4, 0.5) is 0 Å². The molecule has 0 atom stereocenters. The molecule has 1 amide bonds. The third-order valence-electron chi connectivity index (χ3n) is 5.19. The SMILES string of the molecule is O=C(Cc1cc(Cl)c2c(c1)OCCCO2)N1CCN(S(=O)(=O)c2ccccc2)CC1. The predicted octanol–water partition coefficient (Wildman–Crippen LogP) is 2.58. The molecule has 2 aromatic carbocycles. The molecule has 1 fully saturated rings. The maximum Gasteiger partial charge on any atom is 0.243 e. The molecule has 1 saturated heterocycles. The van der Waals surface area contributed by atoms with Gasteiger partial charge in [0.2, 0.25) is 15.9 Å². The van der Waals surface area contributed by atoms with Gasteiger partial charge >= 0.3 is 0 Å². The normalized spacial score (nSPS) is 17.4. The van der Waals surface area contributed by atoms with Crippen molar-refractivity contribution in [3.8, 4) is 11.5 Å². The van der Waals surface area contributed by atoms with E-state index in [4.69, 9.17) is 21.1 Å². The van der Waals surface area contributed by atoms with Gasteiger partial charge in [-0.25, -0.2) is 8.42 Å². The summed E-state index contributed by atoms with van der Waals surface area (Å²) in [5.41, 5.74) is 0.744. The van der Waals surface area contributed by atoms with E-state index in [-0.39, 0.29) is 30.3 Å². The number of carbonyl (C=O) groups is 1. The Morgan fingerprint density at radius 2 is 1.70 bits per heavy atom. The highest BCUT2D eigenvalue weighted by atomic mass is 35.5. The van der Waals surface area contributed by atoms with Crippen LogP contribution in [0.3, 0.4) is 0 Å². The molecule has 0 radical (unpaired) electrons. The van der Waals surface area contributed by atoms with Gasteiger partial charge in [-0.1, -0.05) is 29.8 Å². The number of carbonyl (C=O) groups excluding carboxylic acids is 1. The lowest BCUT2D eigenvalue weighted by Crippen LogP contribution is -2.50. The number of nitrogens with zero attached hydrogens (tertiary/aromatic N) is 2. The van der Waals surface area contributed by atoms with Crippen molar-refractivity contribution < 1.29 is 22.7 Å². The lowest BCUT2D eigenvalue weighted by atomic mass is 10.1. The first-order valence-corrected chi connectivity index (χ1v) is 11.7.